The van der Waals surface area contributed by atoms with Gasteiger partial charge in [0, 0.05) is 0 Å². The van der Waals surface area contributed by atoms with Crippen molar-refractivity contribution in [3.63, 3.8) is 0 Å². The Labute approximate surface area is 153 Å². The lowest BCUT2D eigenvalue weighted by atomic mass is 9.91. The van der Waals surface area contributed by atoms with E-state index in [0.717, 1.165) is 17.4 Å². The molecule has 2 aromatic carbocycles. The largest absolute Gasteiger partial charge is 0.0960 e. The summed E-state index contributed by atoms with van der Waals surface area (Å²) in [6.45, 7) is 7.71. The number of benzene rings is 2. The van der Waals surface area contributed by atoms with Crippen LogP contribution in [0.4, 0.5) is 0 Å². The van der Waals surface area contributed by atoms with Gasteiger partial charge in [0.2, 0.25) is 0 Å². The summed E-state index contributed by atoms with van der Waals surface area (Å²) in [6.07, 6.45) is 5.60. The maximum absolute atomic E-state index is 2.57. The third-order valence-electron chi connectivity index (χ3n) is 7.88. The SMILES string of the molecule is CC(C)(C)[Si@@]1([C@@H]2C[C@@H]3C[C@H]2c2ccccc23)CCCc2ccccc21. The van der Waals surface area contributed by atoms with Gasteiger partial charge in [0.05, 0.1) is 8.07 Å². The second-order valence-corrected chi connectivity index (χ2v) is 15.0. The minimum atomic E-state index is -1.59. The Bertz CT molecular complexity index is 815. The highest BCUT2D eigenvalue weighted by Crippen LogP contribution is 2.66. The van der Waals surface area contributed by atoms with E-state index >= 15 is 0 Å². The lowest BCUT2D eigenvalue weighted by Crippen LogP contribution is -2.61. The molecule has 3 aliphatic rings. The average molecular weight is 347 g/mol. The van der Waals surface area contributed by atoms with Crippen molar-refractivity contribution in [3.8, 4) is 0 Å². The highest BCUT2D eigenvalue weighted by atomic mass is 28.3. The monoisotopic (exact) mass is 346 g/mol. The van der Waals surface area contributed by atoms with E-state index in [1.54, 1.807) is 16.7 Å². The molecule has 0 N–H and O–H groups in total. The molecule has 0 radical (unpaired) electrons. The molecule has 0 amide bonds. The van der Waals surface area contributed by atoms with Gasteiger partial charge in [-0.15, -0.1) is 0 Å². The van der Waals surface area contributed by atoms with Crippen molar-refractivity contribution in [1.29, 1.82) is 0 Å². The van der Waals surface area contributed by atoms with Crippen molar-refractivity contribution >= 4 is 13.3 Å². The van der Waals surface area contributed by atoms with E-state index in [1.165, 1.54) is 31.7 Å². The first-order valence-electron chi connectivity index (χ1n) is 10.2. The van der Waals surface area contributed by atoms with Crippen LogP contribution in [-0.2, 0) is 6.42 Å². The predicted octanol–water partition coefficient (Wildman–Crippen LogP) is 6.13. The maximum atomic E-state index is 2.57. The predicted molar refractivity (Wildman–Crippen MR) is 110 cm³/mol. The van der Waals surface area contributed by atoms with E-state index < -0.39 is 8.07 Å². The van der Waals surface area contributed by atoms with Crippen molar-refractivity contribution in [2.75, 3.05) is 0 Å². The second-order valence-electron chi connectivity index (χ2n) is 9.74. The molecular formula is C24H30Si. The fraction of sp³-hybridized carbons (Fsp3) is 0.500. The van der Waals surface area contributed by atoms with Crippen LogP contribution in [0.5, 0.6) is 0 Å². The Hall–Kier alpha value is -1.34. The molecule has 1 heterocycles. The molecule has 2 aliphatic carbocycles. The molecule has 5 rings (SSSR count). The summed E-state index contributed by atoms with van der Waals surface area (Å²) in [5.74, 6) is 1.67. The van der Waals surface area contributed by atoms with Crippen molar-refractivity contribution < 1.29 is 0 Å². The van der Waals surface area contributed by atoms with Crippen molar-refractivity contribution in [2.24, 2.45) is 0 Å². The number of hydrogen-bond acceptors (Lipinski definition) is 0. The third kappa shape index (κ3) is 2.05. The lowest BCUT2D eigenvalue weighted by molar-refractivity contribution is 0.609. The zero-order valence-corrected chi connectivity index (χ0v) is 16.9. The molecule has 1 aliphatic heterocycles. The number of hydrogen-bond donors (Lipinski definition) is 0. The quantitative estimate of drug-likeness (QED) is 0.545. The minimum absolute atomic E-state index is 0.438. The second kappa shape index (κ2) is 5.33. The van der Waals surface area contributed by atoms with Gasteiger partial charge >= 0.3 is 0 Å². The van der Waals surface area contributed by atoms with Crippen molar-refractivity contribution in [1.82, 2.24) is 0 Å². The van der Waals surface area contributed by atoms with Crippen LogP contribution >= 0.6 is 0 Å². The first-order valence-corrected chi connectivity index (χ1v) is 12.5. The maximum Gasteiger partial charge on any atom is 0.0960 e. The Morgan fingerprint density at radius 2 is 1.60 bits per heavy atom. The van der Waals surface area contributed by atoms with Gasteiger partial charge in [-0.2, -0.15) is 0 Å². The molecule has 0 spiro atoms. The molecule has 0 nitrogen and oxygen atoms in total. The molecule has 2 aromatic rings. The fourth-order valence-corrected chi connectivity index (χ4v) is 14.3. The Kier molecular flexibility index (Phi) is 3.38. The summed E-state index contributed by atoms with van der Waals surface area (Å²) >= 11 is 0. The molecular weight excluding hydrogens is 316 g/mol. The van der Waals surface area contributed by atoms with Crippen LogP contribution in [-0.4, -0.2) is 8.07 Å². The summed E-state index contributed by atoms with van der Waals surface area (Å²) in [4.78, 5) is 0. The zero-order valence-electron chi connectivity index (χ0n) is 15.9. The molecule has 1 heteroatoms. The molecule has 1 fully saturated rings. The minimum Gasteiger partial charge on any atom is -0.0627 e. The number of fused-ring (bicyclic) bond motifs is 6. The number of aryl methyl sites for hydroxylation is 1. The number of rotatable bonds is 1. The van der Waals surface area contributed by atoms with E-state index in [1.807, 2.05) is 5.19 Å². The Balaban J connectivity index is 1.69. The van der Waals surface area contributed by atoms with Gasteiger partial charge in [0.25, 0.3) is 0 Å². The van der Waals surface area contributed by atoms with Gasteiger partial charge in [-0.1, -0.05) is 87.0 Å². The normalized spacial score (nSPS) is 33.2. The average Bonchev–Trinajstić information content (AvgIpc) is 3.20. The molecule has 0 aromatic heterocycles. The van der Waals surface area contributed by atoms with Crippen LogP contribution in [0.3, 0.4) is 0 Å². The molecule has 1 saturated carbocycles. The van der Waals surface area contributed by atoms with Gasteiger partial charge in [0.15, 0.2) is 0 Å². The van der Waals surface area contributed by atoms with Crippen LogP contribution in [0.15, 0.2) is 48.5 Å². The summed E-state index contributed by atoms with van der Waals surface area (Å²) in [7, 11) is -1.59. The van der Waals surface area contributed by atoms with Gasteiger partial charge in [0.1, 0.15) is 0 Å². The topological polar surface area (TPSA) is 0 Å². The molecule has 0 unspecified atom stereocenters. The molecule has 0 saturated heterocycles. The molecule has 2 bridgehead atoms. The summed E-state index contributed by atoms with van der Waals surface area (Å²) in [5, 5.41) is 2.26. The third-order valence-corrected chi connectivity index (χ3v) is 15.1. The summed E-state index contributed by atoms with van der Waals surface area (Å²) in [5.41, 5.74) is 6.02. The zero-order chi connectivity index (χ0) is 17.2. The van der Waals surface area contributed by atoms with Crippen LogP contribution in [0.2, 0.25) is 16.6 Å². The first-order chi connectivity index (χ1) is 12.0. The fourth-order valence-electron chi connectivity index (χ4n) is 6.99. The summed E-state index contributed by atoms with van der Waals surface area (Å²) in [6, 6.07) is 20.4. The smallest absolute Gasteiger partial charge is 0.0627 e. The Morgan fingerprint density at radius 3 is 2.40 bits per heavy atom. The van der Waals surface area contributed by atoms with Crippen LogP contribution in [0, 0.1) is 0 Å². The van der Waals surface area contributed by atoms with Gasteiger partial charge in [-0.25, -0.2) is 0 Å². The lowest BCUT2D eigenvalue weighted by Gasteiger charge is -2.53. The standard InChI is InChI=1S/C24H30Si/c1-24(2,3)25(14-8-10-17-9-4-7-13-22(17)25)23-16-18-15-21(23)20-12-6-5-11-19(18)20/h4-7,9,11-13,18,21,23H,8,10,14-16H2,1-3H3/t18-,21-,23+,25-/m0/s1. The Morgan fingerprint density at radius 1 is 0.880 bits per heavy atom. The van der Waals surface area contributed by atoms with Gasteiger partial charge in [-0.3, -0.25) is 0 Å². The highest BCUT2D eigenvalue weighted by molar-refractivity contribution is 6.96. The van der Waals surface area contributed by atoms with E-state index in [4.69, 9.17) is 0 Å². The van der Waals surface area contributed by atoms with E-state index in [9.17, 15) is 0 Å². The van der Waals surface area contributed by atoms with E-state index in [0.29, 0.717) is 5.04 Å². The summed E-state index contributed by atoms with van der Waals surface area (Å²) < 4.78 is 0. The van der Waals surface area contributed by atoms with Crippen LogP contribution < -0.4 is 5.19 Å². The van der Waals surface area contributed by atoms with Crippen molar-refractivity contribution in [2.45, 2.75) is 74.9 Å². The van der Waals surface area contributed by atoms with Crippen LogP contribution in [0.1, 0.15) is 68.6 Å². The van der Waals surface area contributed by atoms with E-state index in [2.05, 4.69) is 69.3 Å². The highest BCUT2D eigenvalue weighted by Gasteiger charge is 2.59. The molecule has 130 valence electrons. The first kappa shape index (κ1) is 15.9. The molecule has 25 heavy (non-hydrogen) atoms. The van der Waals surface area contributed by atoms with Gasteiger partial charge in [-0.05, 0) is 58.4 Å². The van der Waals surface area contributed by atoms with Crippen molar-refractivity contribution in [3.05, 3.63) is 65.2 Å². The van der Waals surface area contributed by atoms with Gasteiger partial charge < -0.3 is 0 Å². The van der Waals surface area contributed by atoms with Crippen LogP contribution in [0.25, 0.3) is 0 Å². The molecule has 4 atom stereocenters. The van der Waals surface area contributed by atoms with E-state index in [-0.39, 0.29) is 0 Å².